The van der Waals surface area contributed by atoms with Crippen molar-refractivity contribution in [2.45, 2.75) is 33.4 Å². The second-order valence-electron chi connectivity index (χ2n) is 4.23. The lowest BCUT2D eigenvalue weighted by atomic mass is 10.1. The lowest BCUT2D eigenvalue weighted by Crippen LogP contribution is -2.09. The van der Waals surface area contributed by atoms with Gasteiger partial charge in [-0.05, 0) is 25.3 Å². The van der Waals surface area contributed by atoms with Crippen LogP contribution in [0.3, 0.4) is 0 Å². The summed E-state index contributed by atoms with van der Waals surface area (Å²) in [6.07, 6.45) is -2.81. The predicted octanol–water partition coefficient (Wildman–Crippen LogP) is 4.59. The van der Waals surface area contributed by atoms with Crippen molar-refractivity contribution in [3.63, 3.8) is 0 Å². The van der Waals surface area contributed by atoms with Crippen molar-refractivity contribution in [2.75, 3.05) is 5.43 Å². The highest BCUT2D eigenvalue weighted by atomic mass is 35.5. The summed E-state index contributed by atoms with van der Waals surface area (Å²) in [4.78, 5) is 3.63. The molecule has 0 saturated heterocycles. The van der Waals surface area contributed by atoms with Crippen molar-refractivity contribution in [1.29, 1.82) is 0 Å². The molecule has 19 heavy (non-hydrogen) atoms. The third kappa shape index (κ3) is 4.38. The molecule has 0 unspecified atom stereocenters. The third-order valence-corrected chi connectivity index (χ3v) is 3.12. The zero-order chi connectivity index (χ0) is 14.6. The largest absolute Gasteiger partial charge is 0.417 e. The Morgan fingerprint density at radius 1 is 1.53 bits per heavy atom. The van der Waals surface area contributed by atoms with E-state index in [-0.39, 0.29) is 16.8 Å². The fourth-order valence-corrected chi connectivity index (χ4v) is 1.43. The summed E-state index contributed by atoms with van der Waals surface area (Å²) in [5.41, 5.74) is 2.53. The van der Waals surface area contributed by atoms with Crippen molar-refractivity contribution < 1.29 is 13.2 Å². The quantitative estimate of drug-likeness (QED) is 0.651. The summed E-state index contributed by atoms with van der Waals surface area (Å²) in [7, 11) is 0. The average Bonchev–Trinajstić information content (AvgIpc) is 2.34. The van der Waals surface area contributed by atoms with Crippen LogP contribution < -0.4 is 5.43 Å². The molecule has 0 radical (unpaired) electrons. The van der Waals surface area contributed by atoms with E-state index < -0.39 is 11.7 Å². The van der Waals surface area contributed by atoms with E-state index in [1.54, 1.807) is 0 Å². The molecule has 106 valence electrons. The van der Waals surface area contributed by atoms with E-state index in [2.05, 4.69) is 15.5 Å². The van der Waals surface area contributed by atoms with E-state index in [1.165, 1.54) is 0 Å². The fraction of sp³-hybridized carbons (Fsp3) is 0.500. The molecule has 0 aliphatic heterocycles. The number of nitrogens with one attached hydrogen (secondary N) is 1. The number of nitrogens with zero attached hydrogens (tertiary/aromatic N) is 2. The van der Waals surface area contributed by atoms with Gasteiger partial charge in [0.15, 0.2) is 5.82 Å². The molecule has 0 aliphatic carbocycles. The maximum Gasteiger partial charge on any atom is 0.417 e. The van der Waals surface area contributed by atoms with Gasteiger partial charge < -0.3 is 0 Å². The van der Waals surface area contributed by atoms with Crippen LogP contribution in [0.1, 0.15) is 32.8 Å². The molecule has 0 aromatic carbocycles. The van der Waals surface area contributed by atoms with Crippen LogP contribution in [0.4, 0.5) is 19.0 Å². The zero-order valence-corrected chi connectivity index (χ0v) is 11.6. The molecule has 1 rings (SSSR count). The number of hydrazone groups is 1. The number of alkyl halides is 3. The predicted molar refractivity (Wildman–Crippen MR) is 70.4 cm³/mol. The summed E-state index contributed by atoms with van der Waals surface area (Å²) in [5, 5.41) is 3.94. The first-order chi connectivity index (χ1) is 8.75. The maximum absolute atomic E-state index is 12.4. The van der Waals surface area contributed by atoms with E-state index in [0.29, 0.717) is 0 Å². The first-order valence-corrected chi connectivity index (χ1v) is 6.16. The van der Waals surface area contributed by atoms with Crippen LogP contribution in [0.15, 0.2) is 17.4 Å². The van der Waals surface area contributed by atoms with E-state index in [4.69, 9.17) is 11.6 Å². The van der Waals surface area contributed by atoms with Crippen LogP contribution in [0.25, 0.3) is 0 Å². The first kappa shape index (κ1) is 15.8. The zero-order valence-electron chi connectivity index (χ0n) is 10.8. The number of pyridine rings is 1. The van der Waals surface area contributed by atoms with Crippen molar-refractivity contribution in [3.05, 3.63) is 22.8 Å². The van der Waals surface area contributed by atoms with E-state index >= 15 is 0 Å². The number of aromatic nitrogens is 1. The SMILES string of the molecule is CC[C@H](C)/C(C)=N\Nc1ncc(C(F)(F)F)cc1Cl. The number of rotatable bonds is 4. The highest BCUT2D eigenvalue weighted by Crippen LogP contribution is 2.32. The second kappa shape index (κ2) is 6.23. The molecule has 1 aromatic heterocycles. The molecule has 7 heteroatoms. The smallest absolute Gasteiger partial charge is 0.260 e. The number of hydrogen-bond acceptors (Lipinski definition) is 3. The summed E-state index contributed by atoms with van der Waals surface area (Å²) in [5.74, 6) is 0.387. The van der Waals surface area contributed by atoms with E-state index in [9.17, 15) is 13.2 Å². The van der Waals surface area contributed by atoms with Gasteiger partial charge in [0, 0.05) is 11.9 Å². The van der Waals surface area contributed by atoms with Crippen LogP contribution in [0, 0.1) is 5.92 Å². The van der Waals surface area contributed by atoms with Crippen LogP contribution in [-0.2, 0) is 6.18 Å². The molecule has 0 fully saturated rings. The number of anilines is 1. The first-order valence-electron chi connectivity index (χ1n) is 5.78. The summed E-state index contributed by atoms with van der Waals surface area (Å²) < 4.78 is 37.3. The Bertz CT molecular complexity index is 472. The lowest BCUT2D eigenvalue weighted by Gasteiger charge is -2.10. The van der Waals surface area contributed by atoms with Gasteiger partial charge >= 0.3 is 6.18 Å². The molecule has 1 atom stereocenters. The van der Waals surface area contributed by atoms with Gasteiger partial charge in [0.05, 0.1) is 10.6 Å². The van der Waals surface area contributed by atoms with E-state index in [0.717, 1.165) is 24.4 Å². The molecular formula is C12H15ClF3N3. The normalized spacial score (nSPS) is 14.4. The van der Waals surface area contributed by atoms with Crippen molar-refractivity contribution in [3.8, 4) is 0 Å². The minimum Gasteiger partial charge on any atom is -0.260 e. The molecule has 0 amide bonds. The monoisotopic (exact) mass is 293 g/mol. The van der Waals surface area contributed by atoms with Crippen LogP contribution >= 0.6 is 11.6 Å². The molecule has 0 saturated carbocycles. The Hall–Kier alpha value is -1.30. The summed E-state index contributed by atoms with van der Waals surface area (Å²) >= 11 is 5.74. The van der Waals surface area contributed by atoms with Gasteiger partial charge in [-0.2, -0.15) is 18.3 Å². The molecule has 1 heterocycles. The van der Waals surface area contributed by atoms with Crippen LogP contribution in [-0.4, -0.2) is 10.7 Å². The Morgan fingerprint density at radius 2 is 2.16 bits per heavy atom. The maximum atomic E-state index is 12.4. The summed E-state index contributed by atoms with van der Waals surface area (Å²) in [6, 6.07) is 0.824. The van der Waals surface area contributed by atoms with Crippen LogP contribution in [0.2, 0.25) is 5.02 Å². The van der Waals surface area contributed by atoms with Crippen LogP contribution in [0.5, 0.6) is 0 Å². The number of hydrogen-bond donors (Lipinski definition) is 1. The molecular weight excluding hydrogens is 279 g/mol. The highest BCUT2D eigenvalue weighted by Gasteiger charge is 2.31. The van der Waals surface area contributed by atoms with Gasteiger partial charge in [0.1, 0.15) is 0 Å². The van der Waals surface area contributed by atoms with Crippen molar-refractivity contribution in [2.24, 2.45) is 11.0 Å². The fourth-order valence-electron chi connectivity index (χ4n) is 1.22. The van der Waals surface area contributed by atoms with Gasteiger partial charge in [-0.3, -0.25) is 5.43 Å². The highest BCUT2D eigenvalue weighted by molar-refractivity contribution is 6.32. The Labute approximate surface area is 114 Å². The van der Waals surface area contributed by atoms with Gasteiger partial charge in [-0.15, -0.1) is 0 Å². The Kier molecular flexibility index (Phi) is 5.17. The molecule has 0 spiro atoms. The van der Waals surface area contributed by atoms with E-state index in [1.807, 2.05) is 20.8 Å². The third-order valence-electron chi connectivity index (χ3n) is 2.83. The van der Waals surface area contributed by atoms with Crippen molar-refractivity contribution in [1.82, 2.24) is 4.98 Å². The molecule has 3 nitrogen and oxygen atoms in total. The molecule has 0 bridgehead atoms. The average molecular weight is 294 g/mol. The van der Waals surface area contributed by atoms with Gasteiger partial charge in [0.2, 0.25) is 0 Å². The molecule has 1 N–H and O–H groups in total. The Morgan fingerprint density at radius 3 is 2.63 bits per heavy atom. The summed E-state index contributed by atoms with van der Waals surface area (Å²) in [6.45, 7) is 5.86. The van der Waals surface area contributed by atoms with Crippen molar-refractivity contribution >= 4 is 23.1 Å². The molecule has 0 aliphatic rings. The lowest BCUT2D eigenvalue weighted by molar-refractivity contribution is -0.137. The topological polar surface area (TPSA) is 37.3 Å². The van der Waals surface area contributed by atoms with Gasteiger partial charge in [-0.25, -0.2) is 4.98 Å². The standard InChI is InChI=1S/C12H15ClF3N3/c1-4-7(2)8(3)18-19-11-10(13)5-9(6-17-11)12(14,15)16/h5-7H,4H2,1-3H3,(H,17,19)/b18-8-/t7-/m0/s1. The van der Waals surface area contributed by atoms with Gasteiger partial charge in [-0.1, -0.05) is 25.4 Å². The molecule has 1 aromatic rings. The second-order valence-corrected chi connectivity index (χ2v) is 4.63. The minimum absolute atomic E-state index is 0.109. The number of halogens is 4. The van der Waals surface area contributed by atoms with Gasteiger partial charge in [0.25, 0.3) is 0 Å². The Balaban J connectivity index is 2.87. The minimum atomic E-state index is -4.45.